The molecule has 1 amide bonds. The maximum atomic E-state index is 11.9. The summed E-state index contributed by atoms with van der Waals surface area (Å²) in [5.74, 6) is 5.13. The predicted octanol–water partition coefficient (Wildman–Crippen LogP) is 1.68. The molecule has 18 heavy (non-hydrogen) atoms. The molecule has 1 aliphatic carbocycles. The minimum Gasteiger partial charge on any atom is -0.350 e. The van der Waals surface area contributed by atoms with Gasteiger partial charge in [0, 0.05) is 6.54 Å². The van der Waals surface area contributed by atoms with Crippen molar-refractivity contribution in [3.05, 3.63) is 24.0 Å². The van der Waals surface area contributed by atoms with Gasteiger partial charge in [-0.15, -0.1) is 0 Å². The Morgan fingerprint density at radius 3 is 2.72 bits per heavy atom. The number of hydrazine groups is 1. The molecule has 0 unspecified atom stereocenters. The number of pyridine rings is 1. The van der Waals surface area contributed by atoms with E-state index in [9.17, 15) is 4.79 Å². The van der Waals surface area contributed by atoms with Gasteiger partial charge >= 0.3 is 0 Å². The average molecular weight is 248 g/mol. The van der Waals surface area contributed by atoms with Crippen LogP contribution in [0.4, 0.5) is 5.69 Å². The fourth-order valence-electron chi connectivity index (χ4n) is 2.40. The van der Waals surface area contributed by atoms with Gasteiger partial charge < -0.3 is 10.7 Å². The Morgan fingerprint density at radius 1 is 1.44 bits per heavy atom. The molecule has 1 aliphatic rings. The van der Waals surface area contributed by atoms with Crippen molar-refractivity contribution in [2.75, 3.05) is 12.0 Å². The third-order valence-electron chi connectivity index (χ3n) is 3.65. The molecule has 5 nitrogen and oxygen atoms in total. The van der Waals surface area contributed by atoms with E-state index in [0.29, 0.717) is 11.4 Å². The van der Waals surface area contributed by atoms with Crippen LogP contribution in [0, 0.1) is 5.41 Å². The van der Waals surface area contributed by atoms with Crippen LogP contribution in [0.5, 0.6) is 0 Å². The first-order valence-corrected chi connectivity index (χ1v) is 6.34. The Hall–Kier alpha value is -1.62. The fourth-order valence-corrected chi connectivity index (χ4v) is 2.40. The summed E-state index contributed by atoms with van der Waals surface area (Å²) in [5.41, 5.74) is 3.86. The lowest BCUT2D eigenvalue weighted by Crippen LogP contribution is -2.34. The number of rotatable bonds is 4. The van der Waals surface area contributed by atoms with Crippen LogP contribution in [-0.2, 0) is 0 Å². The summed E-state index contributed by atoms with van der Waals surface area (Å²) in [7, 11) is 0. The van der Waals surface area contributed by atoms with Gasteiger partial charge in [-0.05, 0) is 30.4 Å². The lowest BCUT2D eigenvalue weighted by Gasteiger charge is -2.23. The van der Waals surface area contributed by atoms with E-state index < -0.39 is 0 Å². The Morgan fingerprint density at radius 2 is 2.17 bits per heavy atom. The van der Waals surface area contributed by atoms with E-state index in [1.807, 2.05) is 0 Å². The van der Waals surface area contributed by atoms with Crippen LogP contribution in [0.25, 0.3) is 0 Å². The van der Waals surface area contributed by atoms with Crippen molar-refractivity contribution in [2.45, 2.75) is 32.6 Å². The topological polar surface area (TPSA) is 80.0 Å². The van der Waals surface area contributed by atoms with Crippen LogP contribution in [0.15, 0.2) is 18.3 Å². The molecule has 98 valence electrons. The van der Waals surface area contributed by atoms with Crippen molar-refractivity contribution in [2.24, 2.45) is 11.3 Å². The highest BCUT2D eigenvalue weighted by atomic mass is 16.1. The van der Waals surface area contributed by atoms with Crippen molar-refractivity contribution in [1.29, 1.82) is 0 Å². The van der Waals surface area contributed by atoms with Gasteiger partial charge in [0.15, 0.2) is 0 Å². The van der Waals surface area contributed by atoms with Crippen molar-refractivity contribution in [3.63, 3.8) is 0 Å². The maximum Gasteiger partial charge on any atom is 0.269 e. The fraction of sp³-hybridized carbons (Fsp3) is 0.538. The number of carbonyl (C=O) groups excluding carboxylic acids is 1. The number of aromatic nitrogens is 1. The molecule has 1 fully saturated rings. The number of nitrogen functional groups attached to an aromatic ring is 1. The molecule has 1 saturated carbocycles. The van der Waals surface area contributed by atoms with Crippen LogP contribution in [0.1, 0.15) is 43.1 Å². The zero-order valence-corrected chi connectivity index (χ0v) is 10.7. The summed E-state index contributed by atoms with van der Waals surface area (Å²) in [6, 6.07) is 3.40. The molecule has 0 spiro atoms. The molecule has 0 bridgehead atoms. The Bertz CT molecular complexity index is 410. The Balaban J connectivity index is 1.90. The van der Waals surface area contributed by atoms with E-state index in [1.54, 1.807) is 18.3 Å². The molecule has 5 heteroatoms. The Labute approximate surface area is 107 Å². The van der Waals surface area contributed by atoms with Crippen molar-refractivity contribution < 1.29 is 4.79 Å². The summed E-state index contributed by atoms with van der Waals surface area (Å²) < 4.78 is 0. The van der Waals surface area contributed by atoms with Crippen molar-refractivity contribution >= 4 is 11.6 Å². The number of hydrogen-bond donors (Lipinski definition) is 3. The summed E-state index contributed by atoms with van der Waals surface area (Å²) in [6.45, 7) is 2.96. The molecule has 0 atom stereocenters. The maximum absolute atomic E-state index is 11.9. The predicted molar refractivity (Wildman–Crippen MR) is 71.0 cm³/mol. The number of hydrogen-bond acceptors (Lipinski definition) is 4. The van der Waals surface area contributed by atoms with Gasteiger partial charge in [-0.2, -0.15) is 0 Å². The molecule has 2 rings (SSSR count). The van der Waals surface area contributed by atoms with Crippen molar-refractivity contribution in [1.82, 2.24) is 10.3 Å². The highest BCUT2D eigenvalue weighted by Gasteiger charge is 2.29. The first-order chi connectivity index (χ1) is 8.63. The van der Waals surface area contributed by atoms with Crippen LogP contribution >= 0.6 is 0 Å². The van der Waals surface area contributed by atoms with Crippen molar-refractivity contribution in [3.8, 4) is 0 Å². The van der Waals surface area contributed by atoms with Crippen LogP contribution in [-0.4, -0.2) is 17.4 Å². The summed E-state index contributed by atoms with van der Waals surface area (Å²) in [6.07, 6.45) is 6.46. The second-order valence-corrected chi connectivity index (χ2v) is 5.28. The van der Waals surface area contributed by atoms with Gasteiger partial charge in [-0.1, -0.05) is 19.8 Å². The smallest absolute Gasteiger partial charge is 0.269 e. The van der Waals surface area contributed by atoms with Gasteiger partial charge in [-0.25, -0.2) is 4.98 Å². The molecule has 0 radical (unpaired) electrons. The van der Waals surface area contributed by atoms with Gasteiger partial charge in [-0.3, -0.25) is 10.6 Å². The summed E-state index contributed by atoms with van der Waals surface area (Å²) in [5, 5.41) is 2.97. The second kappa shape index (κ2) is 5.35. The molecule has 1 heterocycles. The van der Waals surface area contributed by atoms with E-state index in [1.165, 1.54) is 25.7 Å². The van der Waals surface area contributed by atoms with Gasteiger partial charge in [0.1, 0.15) is 5.69 Å². The molecule has 1 aromatic rings. The largest absolute Gasteiger partial charge is 0.350 e. The summed E-state index contributed by atoms with van der Waals surface area (Å²) in [4.78, 5) is 16.0. The van der Waals surface area contributed by atoms with E-state index in [0.717, 1.165) is 6.54 Å². The zero-order chi connectivity index (χ0) is 13.0. The normalized spacial score (nSPS) is 17.4. The molecule has 0 aromatic carbocycles. The van der Waals surface area contributed by atoms with E-state index in [-0.39, 0.29) is 11.3 Å². The molecule has 4 N–H and O–H groups in total. The molecule has 0 aliphatic heterocycles. The number of amides is 1. The van der Waals surface area contributed by atoms with Crippen LogP contribution < -0.4 is 16.6 Å². The number of nitrogens with two attached hydrogens (primary N) is 1. The lowest BCUT2D eigenvalue weighted by molar-refractivity contribution is 0.0929. The molecule has 1 aromatic heterocycles. The van der Waals surface area contributed by atoms with Gasteiger partial charge in [0.05, 0.1) is 11.9 Å². The first kappa shape index (κ1) is 12.8. The minimum atomic E-state index is -0.119. The third-order valence-corrected chi connectivity index (χ3v) is 3.65. The highest BCUT2D eigenvalue weighted by Crippen LogP contribution is 2.36. The summed E-state index contributed by atoms with van der Waals surface area (Å²) >= 11 is 0. The molecular formula is C13H20N4O. The quantitative estimate of drug-likeness (QED) is 0.559. The van der Waals surface area contributed by atoms with E-state index in [2.05, 4.69) is 22.7 Å². The van der Waals surface area contributed by atoms with Crippen LogP contribution in [0.3, 0.4) is 0 Å². The number of nitrogens with zero attached hydrogens (tertiary/aromatic N) is 1. The van der Waals surface area contributed by atoms with E-state index >= 15 is 0 Å². The molecular weight excluding hydrogens is 228 g/mol. The average Bonchev–Trinajstić information content (AvgIpc) is 2.83. The third kappa shape index (κ3) is 2.98. The van der Waals surface area contributed by atoms with E-state index in [4.69, 9.17) is 5.84 Å². The Kier molecular flexibility index (Phi) is 3.81. The first-order valence-electron chi connectivity index (χ1n) is 6.34. The van der Waals surface area contributed by atoms with Gasteiger partial charge in [0.2, 0.25) is 0 Å². The number of nitrogens with one attached hydrogen (secondary N) is 2. The standard InChI is InChI=1S/C13H20N4O/c1-13(6-2-3-7-13)9-16-12(18)11-5-4-10(17-14)8-15-11/h4-5,8,17H,2-3,6-7,9,14H2,1H3,(H,16,18). The van der Waals surface area contributed by atoms with Crippen LogP contribution in [0.2, 0.25) is 0 Å². The van der Waals surface area contributed by atoms with Gasteiger partial charge in [0.25, 0.3) is 5.91 Å². The monoisotopic (exact) mass is 248 g/mol. The SMILES string of the molecule is CC1(CNC(=O)c2ccc(NN)cn2)CCCC1. The molecule has 0 saturated heterocycles. The second-order valence-electron chi connectivity index (χ2n) is 5.28. The zero-order valence-electron chi connectivity index (χ0n) is 10.7. The lowest BCUT2D eigenvalue weighted by atomic mass is 9.89. The minimum absolute atomic E-state index is 0.119. The highest BCUT2D eigenvalue weighted by molar-refractivity contribution is 5.92. The number of carbonyl (C=O) groups is 1. The number of anilines is 1.